The number of nitrogens with two attached hydrogens (primary N) is 1. The lowest BCUT2D eigenvalue weighted by molar-refractivity contribution is -0.139. The molecule has 124 valence electrons. The molecule has 0 saturated heterocycles. The van der Waals surface area contributed by atoms with Crippen LogP contribution in [0.25, 0.3) is 0 Å². The third-order valence-electron chi connectivity index (χ3n) is 4.66. The Bertz CT molecular complexity index is 312. The topological polar surface area (TPSA) is 64.8 Å². The molecule has 1 aliphatic rings. The van der Waals surface area contributed by atoms with E-state index in [2.05, 4.69) is 13.8 Å². The van der Waals surface area contributed by atoms with E-state index in [1.807, 2.05) is 4.90 Å². The lowest BCUT2D eigenvalue weighted by Crippen LogP contribution is -2.47. The molecule has 2 N–H and O–H groups in total. The summed E-state index contributed by atoms with van der Waals surface area (Å²) in [5.41, 5.74) is 6.18. The van der Waals surface area contributed by atoms with Gasteiger partial charge in [0.05, 0.1) is 6.61 Å². The second-order valence-corrected chi connectivity index (χ2v) is 6.36. The van der Waals surface area contributed by atoms with Crippen molar-refractivity contribution in [1.82, 2.24) is 4.90 Å². The van der Waals surface area contributed by atoms with Gasteiger partial charge in [-0.05, 0) is 31.1 Å². The van der Waals surface area contributed by atoms with Gasteiger partial charge in [-0.2, -0.15) is 0 Å². The van der Waals surface area contributed by atoms with Crippen LogP contribution >= 0.6 is 0 Å². The first-order valence-corrected chi connectivity index (χ1v) is 8.03. The molecule has 1 aliphatic carbocycles. The predicted octanol–water partition coefficient (Wildman–Crippen LogP) is 1.51. The molecule has 1 amide bonds. The number of carbonyl (C=O) groups is 1. The number of rotatable bonds is 8. The van der Waals surface area contributed by atoms with E-state index < -0.39 is 0 Å². The molecule has 0 aliphatic heterocycles. The van der Waals surface area contributed by atoms with Crippen LogP contribution in [0, 0.1) is 17.8 Å². The van der Waals surface area contributed by atoms with Gasteiger partial charge in [0.15, 0.2) is 0 Å². The first-order valence-electron chi connectivity index (χ1n) is 8.03. The maximum Gasteiger partial charge on any atom is 0.226 e. The Morgan fingerprint density at radius 2 is 1.76 bits per heavy atom. The molecular weight excluding hydrogens is 268 g/mol. The number of carbonyl (C=O) groups excluding carboxylic acids is 1. The van der Waals surface area contributed by atoms with Crippen LogP contribution in [0.1, 0.15) is 33.1 Å². The zero-order valence-electron chi connectivity index (χ0n) is 14.0. The van der Waals surface area contributed by atoms with Crippen molar-refractivity contribution in [3.63, 3.8) is 0 Å². The molecule has 5 heteroatoms. The molecule has 5 nitrogen and oxygen atoms in total. The zero-order valence-corrected chi connectivity index (χ0v) is 14.0. The third-order valence-corrected chi connectivity index (χ3v) is 4.66. The molecule has 0 aromatic carbocycles. The molecule has 0 aromatic rings. The van der Waals surface area contributed by atoms with E-state index >= 15 is 0 Å². The van der Waals surface area contributed by atoms with Gasteiger partial charge >= 0.3 is 0 Å². The van der Waals surface area contributed by atoms with Crippen molar-refractivity contribution in [3.8, 4) is 0 Å². The molecule has 0 aromatic heterocycles. The van der Waals surface area contributed by atoms with E-state index in [0.717, 1.165) is 25.8 Å². The summed E-state index contributed by atoms with van der Waals surface area (Å²) in [6.07, 6.45) is 2.69. The van der Waals surface area contributed by atoms with Gasteiger partial charge in [-0.25, -0.2) is 0 Å². The van der Waals surface area contributed by atoms with Crippen molar-refractivity contribution in [1.29, 1.82) is 0 Å². The van der Waals surface area contributed by atoms with Gasteiger partial charge < -0.3 is 20.1 Å². The van der Waals surface area contributed by atoms with Gasteiger partial charge in [-0.3, -0.25) is 4.79 Å². The standard InChI is InChI=1S/C16H32N2O3/c1-12-10-13(2)15(17)11-14(12)16(19)18(7-9-21-4)6-5-8-20-3/h12-15H,5-11,17H2,1-4H3. The summed E-state index contributed by atoms with van der Waals surface area (Å²) in [7, 11) is 3.35. The lowest BCUT2D eigenvalue weighted by atomic mass is 9.72. The van der Waals surface area contributed by atoms with Crippen LogP contribution in [0.3, 0.4) is 0 Å². The Kier molecular flexibility index (Phi) is 8.22. The number of hydrogen-bond acceptors (Lipinski definition) is 4. The van der Waals surface area contributed by atoms with Crippen LogP contribution in [0.5, 0.6) is 0 Å². The SMILES string of the molecule is COCCCN(CCOC)C(=O)C1CC(N)C(C)CC1C. The van der Waals surface area contributed by atoms with Gasteiger partial charge in [0, 0.05) is 45.9 Å². The molecular formula is C16H32N2O3. The van der Waals surface area contributed by atoms with Gasteiger partial charge in [-0.1, -0.05) is 13.8 Å². The molecule has 21 heavy (non-hydrogen) atoms. The summed E-state index contributed by atoms with van der Waals surface area (Å²) in [4.78, 5) is 14.8. The number of nitrogens with zero attached hydrogens (tertiary/aromatic N) is 1. The monoisotopic (exact) mass is 300 g/mol. The van der Waals surface area contributed by atoms with E-state index in [9.17, 15) is 4.79 Å². The summed E-state index contributed by atoms with van der Waals surface area (Å²) in [6.45, 7) is 6.98. The molecule has 4 unspecified atom stereocenters. The first kappa shape index (κ1) is 18.4. The Morgan fingerprint density at radius 1 is 1.10 bits per heavy atom. The fourth-order valence-electron chi connectivity index (χ4n) is 3.20. The smallest absolute Gasteiger partial charge is 0.226 e. The minimum Gasteiger partial charge on any atom is -0.385 e. The quantitative estimate of drug-likeness (QED) is 0.690. The van der Waals surface area contributed by atoms with Crippen molar-refractivity contribution in [2.45, 2.75) is 39.2 Å². The van der Waals surface area contributed by atoms with Crippen molar-refractivity contribution in [2.75, 3.05) is 40.5 Å². The number of ether oxygens (including phenoxy) is 2. The van der Waals surface area contributed by atoms with Crippen LogP contribution < -0.4 is 5.73 Å². The van der Waals surface area contributed by atoms with Crippen LogP contribution in [-0.4, -0.2) is 57.4 Å². The zero-order chi connectivity index (χ0) is 15.8. The predicted molar refractivity (Wildman–Crippen MR) is 84.0 cm³/mol. The highest BCUT2D eigenvalue weighted by Gasteiger charge is 2.36. The lowest BCUT2D eigenvalue weighted by Gasteiger charge is -2.38. The van der Waals surface area contributed by atoms with Crippen molar-refractivity contribution in [3.05, 3.63) is 0 Å². The fraction of sp³-hybridized carbons (Fsp3) is 0.938. The molecule has 0 heterocycles. The average molecular weight is 300 g/mol. The summed E-state index contributed by atoms with van der Waals surface area (Å²) < 4.78 is 10.2. The highest BCUT2D eigenvalue weighted by molar-refractivity contribution is 5.79. The number of methoxy groups -OCH3 is 2. The van der Waals surface area contributed by atoms with Crippen molar-refractivity contribution >= 4 is 5.91 Å². The summed E-state index contributed by atoms with van der Waals surface area (Å²) in [5.74, 6) is 1.19. The van der Waals surface area contributed by atoms with Gasteiger partial charge in [0.25, 0.3) is 0 Å². The molecule has 1 saturated carbocycles. The van der Waals surface area contributed by atoms with Crippen molar-refractivity contribution in [2.24, 2.45) is 23.5 Å². The number of hydrogen-bond donors (Lipinski definition) is 1. The maximum atomic E-state index is 12.8. The van der Waals surface area contributed by atoms with E-state index in [1.165, 1.54) is 0 Å². The minimum absolute atomic E-state index is 0.0515. The third kappa shape index (κ3) is 5.57. The fourth-order valence-corrected chi connectivity index (χ4v) is 3.20. The van der Waals surface area contributed by atoms with Gasteiger partial charge in [0.2, 0.25) is 5.91 Å². The van der Waals surface area contributed by atoms with E-state index in [4.69, 9.17) is 15.2 Å². The Balaban J connectivity index is 2.64. The van der Waals surface area contributed by atoms with Crippen LogP contribution in [0.4, 0.5) is 0 Å². The maximum absolute atomic E-state index is 12.8. The summed E-state index contributed by atoms with van der Waals surface area (Å²) in [6, 6.07) is 0.137. The molecule has 4 atom stereocenters. The van der Waals surface area contributed by atoms with E-state index in [0.29, 0.717) is 31.6 Å². The first-order chi connectivity index (χ1) is 10.0. The summed E-state index contributed by atoms with van der Waals surface area (Å²) in [5, 5.41) is 0. The summed E-state index contributed by atoms with van der Waals surface area (Å²) >= 11 is 0. The Labute approximate surface area is 129 Å². The van der Waals surface area contributed by atoms with E-state index in [1.54, 1.807) is 14.2 Å². The van der Waals surface area contributed by atoms with Crippen LogP contribution in [0.15, 0.2) is 0 Å². The van der Waals surface area contributed by atoms with Crippen molar-refractivity contribution < 1.29 is 14.3 Å². The highest BCUT2D eigenvalue weighted by Crippen LogP contribution is 2.34. The average Bonchev–Trinajstić information content (AvgIpc) is 2.46. The molecule has 0 bridgehead atoms. The van der Waals surface area contributed by atoms with E-state index in [-0.39, 0.29) is 17.9 Å². The van der Waals surface area contributed by atoms with Gasteiger partial charge in [-0.15, -0.1) is 0 Å². The number of amides is 1. The molecule has 1 fully saturated rings. The van der Waals surface area contributed by atoms with Crippen LogP contribution in [0.2, 0.25) is 0 Å². The molecule has 0 radical (unpaired) electrons. The van der Waals surface area contributed by atoms with Gasteiger partial charge in [0.1, 0.15) is 0 Å². The Morgan fingerprint density at radius 3 is 2.38 bits per heavy atom. The van der Waals surface area contributed by atoms with Crippen LogP contribution in [-0.2, 0) is 14.3 Å². The highest BCUT2D eigenvalue weighted by atomic mass is 16.5. The normalized spacial score (nSPS) is 29.4. The minimum atomic E-state index is 0.0515. The largest absolute Gasteiger partial charge is 0.385 e. The molecule has 1 rings (SSSR count). The molecule has 0 spiro atoms. The Hall–Kier alpha value is -0.650. The second-order valence-electron chi connectivity index (χ2n) is 6.36. The second kappa shape index (κ2) is 9.38.